The van der Waals surface area contributed by atoms with Crippen LogP contribution in [0.4, 0.5) is 0 Å². The largest absolute Gasteiger partial charge is 0.276 e. The molecule has 0 aliphatic heterocycles. The summed E-state index contributed by atoms with van der Waals surface area (Å²) < 4.78 is 0.947. The minimum absolute atomic E-state index is 0.583. The van der Waals surface area contributed by atoms with E-state index in [-0.39, 0.29) is 0 Å². The molecular formula is C6H9BrN2O2S. The van der Waals surface area contributed by atoms with Gasteiger partial charge in [-0.2, -0.15) is 0 Å². The molecule has 68 valence electrons. The average Bonchev–Trinajstić information content (AvgIpc) is 2.55. The Morgan fingerprint density at radius 1 is 1.83 bits per heavy atom. The van der Waals surface area contributed by atoms with Gasteiger partial charge in [0, 0.05) is 18.6 Å². The van der Waals surface area contributed by atoms with Crippen LogP contribution in [-0.4, -0.2) is 30.6 Å². The van der Waals surface area contributed by atoms with Crippen molar-refractivity contribution < 1.29 is 9.63 Å². The van der Waals surface area contributed by atoms with E-state index in [1.54, 1.807) is 17.5 Å². The summed E-state index contributed by atoms with van der Waals surface area (Å²) in [5.74, 6) is 0. The number of carbonyl (C=O) groups is 1. The topological polar surface area (TPSA) is 42.4 Å². The third-order valence-electron chi connectivity index (χ3n) is 0.839. The van der Waals surface area contributed by atoms with E-state index in [0.717, 1.165) is 8.98 Å². The predicted octanol–water partition coefficient (Wildman–Crippen LogP) is 1.54. The lowest BCUT2D eigenvalue weighted by Gasteiger charge is -2.02. The van der Waals surface area contributed by atoms with Gasteiger partial charge in [-0.3, -0.25) is 9.63 Å². The maximum atomic E-state index is 9.54. The summed E-state index contributed by atoms with van der Waals surface area (Å²) >= 11 is 4.77. The lowest BCUT2D eigenvalue weighted by Crippen LogP contribution is -2.12. The van der Waals surface area contributed by atoms with Gasteiger partial charge in [0.2, 0.25) is 6.41 Å². The van der Waals surface area contributed by atoms with Gasteiger partial charge in [-0.05, 0) is 15.9 Å². The Labute approximate surface area is 83.2 Å². The highest BCUT2D eigenvalue weighted by atomic mass is 79.9. The zero-order valence-electron chi connectivity index (χ0n) is 6.73. The molecule has 0 saturated carbocycles. The molecule has 0 saturated heterocycles. The molecule has 1 heterocycles. The molecule has 1 aromatic rings. The number of carbonyl (C=O) groups excluding carboxylic acids is 1. The maximum Gasteiger partial charge on any atom is 0.233 e. The molecule has 0 aliphatic rings. The summed E-state index contributed by atoms with van der Waals surface area (Å²) in [6.07, 6.45) is 2.34. The second-order valence-corrected chi connectivity index (χ2v) is 3.79. The molecule has 4 nitrogen and oxygen atoms in total. The van der Waals surface area contributed by atoms with Gasteiger partial charge in [-0.1, -0.05) is 0 Å². The molecule has 0 atom stereocenters. The molecule has 1 aromatic heterocycles. The van der Waals surface area contributed by atoms with Crippen molar-refractivity contribution in [2.45, 2.75) is 0 Å². The van der Waals surface area contributed by atoms with E-state index in [2.05, 4.69) is 25.8 Å². The molecule has 0 fully saturated rings. The Balaban J connectivity index is 0.000000202. The highest BCUT2D eigenvalue weighted by Gasteiger charge is 1.79. The van der Waals surface area contributed by atoms with Crippen molar-refractivity contribution in [3.05, 3.63) is 15.5 Å². The van der Waals surface area contributed by atoms with Gasteiger partial charge < -0.3 is 0 Å². The Bertz CT molecular complexity index is 205. The van der Waals surface area contributed by atoms with E-state index in [1.165, 1.54) is 14.2 Å². The van der Waals surface area contributed by atoms with Crippen LogP contribution in [-0.2, 0) is 9.63 Å². The third-order valence-corrected chi connectivity index (χ3v) is 2.16. The van der Waals surface area contributed by atoms with Crippen LogP contribution < -0.4 is 0 Å². The molecule has 0 unspecified atom stereocenters. The summed E-state index contributed by atoms with van der Waals surface area (Å²) in [6, 6.07) is 0. The summed E-state index contributed by atoms with van der Waals surface area (Å²) in [7, 11) is 2.95. The third kappa shape index (κ3) is 6.26. The number of hydrogen-bond donors (Lipinski definition) is 0. The van der Waals surface area contributed by atoms with Crippen LogP contribution in [0.3, 0.4) is 0 Å². The fraction of sp³-hybridized carbons (Fsp3) is 0.333. The van der Waals surface area contributed by atoms with E-state index < -0.39 is 0 Å². The van der Waals surface area contributed by atoms with Crippen molar-refractivity contribution in [1.29, 1.82) is 0 Å². The Morgan fingerprint density at radius 3 is 2.58 bits per heavy atom. The van der Waals surface area contributed by atoms with E-state index >= 15 is 0 Å². The monoisotopic (exact) mass is 252 g/mol. The summed E-state index contributed by atoms with van der Waals surface area (Å²) in [4.78, 5) is 17.8. The molecule has 1 amide bonds. The fourth-order valence-electron chi connectivity index (χ4n) is 0.249. The van der Waals surface area contributed by atoms with Crippen molar-refractivity contribution in [3.63, 3.8) is 0 Å². The smallest absolute Gasteiger partial charge is 0.233 e. The molecule has 0 aliphatic carbocycles. The molecule has 0 spiro atoms. The van der Waals surface area contributed by atoms with Gasteiger partial charge in [0.1, 0.15) is 0 Å². The molecule has 0 N–H and O–H groups in total. The minimum atomic E-state index is 0.583. The molecule has 1 rings (SSSR count). The first-order chi connectivity index (χ1) is 5.70. The van der Waals surface area contributed by atoms with Gasteiger partial charge in [0.25, 0.3) is 0 Å². The normalized spacial score (nSPS) is 8.25. The zero-order chi connectivity index (χ0) is 9.40. The number of hydroxylamine groups is 2. The standard InChI is InChI=1S/C3H2BrNS.C3H7NO2/c4-3-5-1-2-6-3;1-4(3-5)6-2/h1-2H;3H,1-2H3. The predicted molar refractivity (Wildman–Crippen MR) is 50.7 cm³/mol. The van der Waals surface area contributed by atoms with Crippen LogP contribution in [0, 0.1) is 0 Å². The van der Waals surface area contributed by atoms with Crippen LogP contribution in [0.1, 0.15) is 0 Å². The highest BCUT2D eigenvalue weighted by molar-refractivity contribution is 9.11. The number of thiazole rings is 1. The second kappa shape index (κ2) is 7.20. The number of amides is 1. The van der Waals surface area contributed by atoms with Crippen molar-refractivity contribution in [2.24, 2.45) is 0 Å². The minimum Gasteiger partial charge on any atom is -0.276 e. The van der Waals surface area contributed by atoms with E-state index in [4.69, 9.17) is 0 Å². The van der Waals surface area contributed by atoms with Crippen LogP contribution in [0.25, 0.3) is 0 Å². The Kier molecular flexibility index (Phi) is 6.93. The van der Waals surface area contributed by atoms with Crippen LogP contribution in [0.5, 0.6) is 0 Å². The second-order valence-electron chi connectivity index (χ2n) is 1.62. The van der Waals surface area contributed by atoms with Gasteiger partial charge in [0.05, 0.1) is 7.11 Å². The molecule has 0 radical (unpaired) electrons. The van der Waals surface area contributed by atoms with Crippen LogP contribution >= 0.6 is 27.3 Å². The maximum absolute atomic E-state index is 9.54. The van der Waals surface area contributed by atoms with Crippen molar-refractivity contribution in [2.75, 3.05) is 14.2 Å². The first kappa shape index (κ1) is 11.5. The van der Waals surface area contributed by atoms with E-state index in [0.29, 0.717) is 6.41 Å². The number of rotatable bonds is 2. The van der Waals surface area contributed by atoms with E-state index in [1.807, 2.05) is 5.38 Å². The molecule has 6 heteroatoms. The van der Waals surface area contributed by atoms with Gasteiger partial charge in [-0.15, -0.1) is 11.3 Å². The lowest BCUT2D eigenvalue weighted by atomic mass is 11.0. The Morgan fingerprint density at radius 2 is 2.50 bits per heavy atom. The average molecular weight is 253 g/mol. The quantitative estimate of drug-likeness (QED) is 0.593. The Hall–Kier alpha value is -0.460. The number of nitrogens with zero attached hydrogens (tertiary/aromatic N) is 2. The first-order valence-electron chi connectivity index (χ1n) is 2.98. The lowest BCUT2D eigenvalue weighted by molar-refractivity contribution is -0.153. The van der Waals surface area contributed by atoms with Gasteiger partial charge >= 0.3 is 0 Å². The summed E-state index contributed by atoms with van der Waals surface area (Å²) in [5, 5.41) is 2.99. The zero-order valence-corrected chi connectivity index (χ0v) is 9.13. The number of hydrogen-bond acceptors (Lipinski definition) is 4. The van der Waals surface area contributed by atoms with Gasteiger partial charge in [-0.25, -0.2) is 10.0 Å². The van der Waals surface area contributed by atoms with Crippen molar-refractivity contribution in [1.82, 2.24) is 10.0 Å². The van der Waals surface area contributed by atoms with Crippen LogP contribution in [0.15, 0.2) is 15.5 Å². The van der Waals surface area contributed by atoms with Crippen LogP contribution in [0.2, 0.25) is 0 Å². The molecule has 0 aromatic carbocycles. The molecule has 0 bridgehead atoms. The highest BCUT2D eigenvalue weighted by Crippen LogP contribution is 2.10. The summed E-state index contributed by atoms with van der Waals surface area (Å²) in [6.45, 7) is 0. The fourth-order valence-corrected chi connectivity index (χ4v) is 1.05. The first-order valence-corrected chi connectivity index (χ1v) is 4.65. The molecular weight excluding hydrogens is 244 g/mol. The SMILES string of the molecule is Brc1nccs1.CON(C)C=O. The van der Waals surface area contributed by atoms with Gasteiger partial charge in [0.15, 0.2) is 3.92 Å². The van der Waals surface area contributed by atoms with Crippen molar-refractivity contribution >= 4 is 33.7 Å². The molecule has 12 heavy (non-hydrogen) atoms. The number of aromatic nitrogens is 1. The summed E-state index contributed by atoms with van der Waals surface area (Å²) in [5.41, 5.74) is 0. The van der Waals surface area contributed by atoms with E-state index in [9.17, 15) is 4.79 Å². The number of halogens is 1. The van der Waals surface area contributed by atoms with Crippen molar-refractivity contribution in [3.8, 4) is 0 Å².